The zero-order chi connectivity index (χ0) is 14.5. The zero-order valence-corrected chi connectivity index (χ0v) is 12.7. The van der Waals surface area contributed by atoms with Crippen LogP contribution in [0, 0.1) is 6.92 Å². The number of aliphatic hydroxyl groups is 1. The van der Waals surface area contributed by atoms with E-state index < -0.39 is 6.04 Å². The second-order valence-corrected chi connectivity index (χ2v) is 5.55. The third-order valence-corrected chi connectivity index (χ3v) is 3.45. The first-order chi connectivity index (χ1) is 9.60. The molecular formula is C16H16BrNO2. The van der Waals surface area contributed by atoms with Crippen LogP contribution >= 0.6 is 15.9 Å². The summed E-state index contributed by atoms with van der Waals surface area (Å²) < 4.78 is 0.864. The number of aryl methyl sites for hydroxylation is 1. The van der Waals surface area contributed by atoms with Crippen LogP contribution in [0.1, 0.15) is 27.5 Å². The molecule has 0 spiro atoms. The average Bonchev–Trinajstić information content (AvgIpc) is 2.44. The van der Waals surface area contributed by atoms with Crippen LogP contribution < -0.4 is 5.32 Å². The van der Waals surface area contributed by atoms with Crippen LogP contribution in [0.2, 0.25) is 0 Å². The molecule has 4 heteroatoms. The average molecular weight is 334 g/mol. The van der Waals surface area contributed by atoms with Gasteiger partial charge in [0.05, 0.1) is 12.6 Å². The van der Waals surface area contributed by atoms with Gasteiger partial charge in [-0.05, 0) is 36.2 Å². The molecule has 104 valence electrons. The zero-order valence-electron chi connectivity index (χ0n) is 11.1. The molecule has 1 amide bonds. The maximum absolute atomic E-state index is 12.2. The van der Waals surface area contributed by atoms with E-state index in [-0.39, 0.29) is 12.5 Å². The molecule has 0 aliphatic heterocycles. The van der Waals surface area contributed by atoms with Gasteiger partial charge >= 0.3 is 0 Å². The monoisotopic (exact) mass is 333 g/mol. The summed E-state index contributed by atoms with van der Waals surface area (Å²) >= 11 is 3.38. The molecule has 2 aromatic carbocycles. The minimum atomic E-state index is -0.400. The smallest absolute Gasteiger partial charge is 0.251 e. The van der Waals surface area contributed by atoms with Gasteiger partial charge in [0.15, 0.2) is 0 Å². The number of carbonyl (C=O) groups is 1. The molecule has 1 atom stereocenters. The first-order valence-electron chi connectivity index (χ1n) is 6.34. The lowest BCUT2D eigenvalue weighted by Gasteiger charge is -2.17. The number of benzene rings is 2. The SMILES string of the molecule is Cc1cc(Br)cc(C(=O)NC(CO)c2ccccc2)c1. The number of hydrogen-bond acceptors (Lipinski definition) is 2. The Hall–Kier alpha value is -1.65. The number of rotatable bonds is 4. The van der Waals surface area contributed by atoms with Crippen LogP contribution in [-0.2, 0) is 0 Å². The molecule has 0 heterocycles. The largest absolute Gasteiger partial charge is 0.394 e. The number of amides is 1. The fourth-order valence-electron chi connectivity index (χ4n) is 2.03. The summed E-state index contributed by atoms with van der Waals surface area (Å²) in [6.45, 7) is 1.80. The molecule has 0 saturated carbocycles. The Bertz CT molecular complexity index is 578. The van der Waals surface area contributed by atoms with E-state index in [0.717, 1.165) is 15.6 Å². The molecule has 2 aromatic rings. The van der Waals surface area contributed by atoms with Crippen molar-refractivity contribution >= 4 is 21.8 Å². The normalized spacial score (nSPS) is 11.9. The second kappa shape index (κ2) is 6.68. The van der Waals surface area contributed by atoms with Gasteiger partial charge in [-0.25, -0.2) is 0 Å². The molecule has 0 aliphatic carbocycles. The predicted octanol–water partition coefficient (Wildman–Crippen LogP) is 3.22. The minimum Gasteiger partial charge on any atom is -0.394 e. The van der Waals surface area contributed by atoms with Crippen LogP contribution in [-0.4, -0.2) is 17.6 Å². The lowest BCUT2D eigenvalue weighted by molar-refractivity contribution is 0.0916. The van der Waals surface area contributed by atoms with Gasteiger partial charge in [0.1, 0.15) is 0 Å². The highest BCUT2D eigenvalue weighted by atomic mass is 79.9. The Balaban J connectivity index is 2.17. The van der Waals surface area contributed by atoms with Crippen molar-refractivity contribution in [1.29, 1.82) is 0 Å². The van der Waals surface area contributed by atoms with Crippen molar-refractivity contribution in [3.05, 3.63) is 69.7 Å². The van der Waals surface area contributed by atoms with E-state index in [1.807, 2.05) is 49.4 Å². The Kier molecular flexibility index (Phi) is 4.93. The van der Waals surface area contributed by atoms with E-state index in [4.69, 9.17) is 0 Å². The molecular weight excluding hydrogens is 318 g/mol. The van der Waals surface area contributed by atoms with Gasteiger partial charge in [0.2, 0.25) is 0 Å². The fraction of sp³-hybridized carbons (Fsp3) is 0.188. The number of aliphatic hydroxyl groups excluding tert-OH is 1. The molecule has 2 rings (SSSR count). The molecule has 0 aliphatic rings. The van der Waals surface area contributed by atoms with Crippen LogP contribution in [0.5, 0.6) is 0 Å². The Labute approximate surface area is 126 Å². The molecule has 1 unspecified atom stereocenters. The van der Waals surface area contributed by atoms with Gasteiger partial charge in [0, 0.05) is 10.0 Å². The van der Waals surface area contributed by atoms with E-state index in [0.29, 0.717) is 5.56 Å². The van der Waals surface area contributed by atoms with Crippen molar-refractivity contribution < 1.29 is 9.90 Å². The third kappa shape index (κ3) is 3.68. The first-order valence-corrected chi connectivity index (χ1v) is 7.13. The highest BCUT2D eigenvalue weighted by Gasteiger charge is 2.15. The molecule has 2 N–H and O–H groups in total. The molecule has 0 fully saturated rings. The maximum atomic E-state index is 12.2. The highest BCUT2D eigenvalue weighted by molar-refractivity contribution is 9.10. The fourth-order valence-corrected chi connectivity index (χ4v) is 2.64. The van der Waals surface area contributed by atoms with Gasteiger partial charge in [0.25, 0.3) is 5.91 Å². The quantitative estimate of drug-likeness (QED) is 0.902. The van der Waals surface area contributed by atoms with Gasteiger partial charge in [-0.15, -0.1) is 0 Å². The number of hydrogen-bond donors (Lipinski definition) is 2. The van der Waals surface area contributed by atoms with Crippen molar-refractivity contribution in [2.45, 2.75) is 13.0 Å². The molecule has 0 radical (unpaired) electrons. The van der Waals surface area contributed by atoms with E-state index in [1.54, 1.807) is 6.07 Å². The molecule has 3 nitrogen and oxygen atoms in total. The standard InChI is InChI=1S/C16H16BrNO2/c1-11-7-13(9-14(17)8-11)16(20)18-15(10-19)12-5-3-2-4-6-12/h2-9,15,19H,10H2,1H3,(H,18,20). The van der Waals surface area contributed by atoms with Crippen molar-refractivity contribution in [1.82, 2.24) is 5.32 Å². The van der Waals surface area contributed by atoms with Gasteiger partial charge in [-0.1, -0.05) is 46.3 Å². The maximum Gasteiger partial charge on any atom is 0.251 e. The van der Waals surface area contributed by atoms with Crippen molar-refractivity contribution in [2.75, 3.05) is 6.61 Å². The highest BCUT2D eigenvalue weighted by Crippen LogP contribution is 2.17. The number of nitrogens with one attached hydrogen (secondary N) is 1. The summed E-state index contributed by atoms with van der Waals surface area (Å²) in [7, 11) is 0. The lowest BCUT2D eigenvalue weighted by atomic mass is 10.1. The summed E-state index contributed by atoms with van der Waals surface area (Å²) in [5, 5.41) is 12.3. The topological polar surface area (TPSA) is 49.3 Å². The Morgan fingerprint density at radius 2 is 1.95 bits per heavy atom. The summed E-state index contributed by atoms with van der Waals surface area (Å²) in [6, 6.07) is 14.6. The van der Waals surface area contributed by atoms with E-state index in [2.05, 4.69) is 21.2 Å². The number of halogens is 1. The van der Waals surface area contributed by atoms with Crippen LogP contribution in [0.3, 0.4) is 0 Å². The predicted molar refractivity (Wildman–Crippen MR) is 82.6 cm³/mol. The minimum absolute atomic E-state index is 0.136. The molecule has 0 bridgehead atoms. The lowest BCUT2D eigenvalue weighted by Crippen LogP contribution is -2.30. The summed E-state index contributed by atoms with van der Waals surface area (Å²) in [5.74, 6) is -0.197. The van der Waals surface area contributed by atoms with Crippen molar-refractivity contribution in [2.24, 2.45) is 0 Å². The molecule has 0 saturated heterocycles. The third-order valence-electron chi connectivity index (χ3n) is 2.99. The van der Waals surface area contributed by atoms with E-state index >= 15 is 0 Å². The van der Waals surface area contributed by atoms with Gasteiger partial charge in [-0.3, -0.25) is 4.79 Å². The number of carbonyl (C=O) groups excluding carboxylic acids is 1. The summed E-state index contributed by atoms with van der Waals surface area (Å²) in [4.78, 5) is 12.2. The Morgan fingerprint density at radius 3 is 2.55 bits per heavy atom. The van der Waals surface area contributed by atoms with Crippen LogP contribution in [0.15, 0.2) is 53.0 Å². The first kappa shape index (κ1) is 14.8. The van der Waals surface area contributed by atoms with E-state index in [1.165, 1.54) is 0 Å². The van der Waals surface area contributed by atoms with Crippen molar-refractivity contribution in [3.8, 4) is 0 Å². The summed E-state index contributed by atoms with van der Waals surface area (Å²) in [5.41, 5.74) is 2.46. The van der Waals surface area contributed by atoms with Gasteiger partial charge < -0.3 is 10.4 Å². The van der Waals surface area contributed by atoms with Gasteiger partial charge in [-0.2, -0.15) is 0 Å². The van der Waals surface area contributed by atoms with Crippen molar-refractivity contribution in [3.63, 3.8) is 0 Å². The molecule has 20 heavy (non-hydrogen) atoms. The Morgan fingerprint density at radius 1 is 1.25 bits per heavy atom. The van der Waals surface area contributed by atoms with E-state index in [9.17, 15) is 9.90 Å². The van der Waals surface area contributed by atoms with Crippen LogP contribution in [0.25, 0.3) is 0 Å². The van der Waals surface area contributed by atoms with Crippen LogP contribution in [0.4, 0.5) is 0 Å². The second-order valence-electron chi connectivity index (χ2n) is 4.64. The molecule has 0 aromatic heterocycles. The summed E-state index contributed by atoms with van der Waals surface area (Å²) in [6.07, 6.45) is 0.